The van der Waals surface area contributed by atoms with Crippen LogP contribution in [-0.2, 0) is 15.8 Å². The number of carbonyl (C=O) groups excluding carboxylic acids is 1. The molecule has 0 aliphatic heterocycles. The van der Waals surface area contributed by atoms with Crippen molar-refractivity contribution in [1.29, 1.82) is 0 Å². The summed E-state index contributed by atoms with van der Waals surface area (Å²) in [5.74, 6) is -0.649. The number of hydrogen-bond acceptors (Lipinski definition) is 4. The molecule has 0 saturated heterocycles. The van der Waals surface area contributed by atoms with E-state index in [4.69, 9.17) is 23.2 Å². The molecule has 0 saturated carbocycles. The van der Waals surface area contributed by atoms with E-state index >= 15 is 0 Å². The average Bonchev–Trinajstić information content (AvgIpc) is 3.16. The van der Waals surface area contributed by atoms with E-state index < -0.39 is 15.9 Å². The fourth-order valence-electron chi connectivity index (χ4n) is 2.55. The van der Waals surface area contributed by atoms with Crippen LogP contribution in [-0.4, -0.2) is 37.8 Å². The molecule has 0 atom stereocenters. The van der Waals surface area contributed by atoms with E-state index in [1.807, 2.05) is 0 Å². The summed E-state index contributed by atoms with van der Waals surface area (Å²) in [7, 11) is -1.98. The molecule has 0 spiro atoms. The third kappa shape index (κ3) is 5.30. The number of carbonyl (C=O) groups is 1. The number of sulfonamides is 1. The number of rotatable bonds is 6. The number of aromatic amines is 1. The number of nitrogens with one attached hydrogen (secondary N) is 2. The van der Waals surface area contributed by atoms with Gasteiger partial charge in [-0.05, 0) is 30.3 Å². The molecule has 0 aliphatic carbocycles. The highest BCUT2D eigenvalue weighted by Gasteiger charge is 2.16. The van der Waals surface area contributed by atoms with Gasteiger partial charge in [0, 0.05) is 22.4 Å². The van der Waals surface area contributed by atoms with E-state index in [0.29, 0.717) is 32.3 Å². The lowest BCUT2D eigenvalue weighted by Gasteiger charge is -2.04. The number of benzene rings is 2. The fraction of sp³-hybridized carbons (Fsp3) is 0.105. The first-order valence-electron chi connectivity index (χ1n) is 8.36. The zero-order chi connectivity index (χ0) is 21.0. The summed E-state index contributed by atoms with van der Waals surface area (Å²) in [4.78, 5) is 16.5. The van der Waals surface area contributed by atoms with Gasteiger partial charge in [0.05, 0.1) is 17.0 Å². The van der Waals surface area contributed by atoms with Crippen molar-refractivity contribution >= 4 is 45.3 Å². The second-order valence-corrected chi connectivity index (χ2v) is 8.82. The number of amides is 1. The minimum Gasteiger partial charge on any atom is -0.272 e. The molecule has 1 aromatic heterocycles. The maximum Gasteiger partial charge on any atom is 0.295 e. The van der Waals surface area contributed by atoms with Crippen LogP contribution in [0, 0.1) is 0 Å². The highest BCUT2D eigenvalue weighted by Crippen LogP contribution is 2.31. The molecule has 0 unspecified atom stereocenters. The van der Waals surface area contributed by atoms with Gasteiger partial charge in [-0.3, -0.25) is 9.89 Å². The van der Waals surface area contributed by atoms with Crippen molar-refractivity contribution in [3.05, 3.63) is 75.5 Å². The third-order valence-electron chi connectivity index (χ3n) is 4.05. The number of aromatic nitrogens is 2. The Labute approximate surface area is 177 Å². The van der Waals surface area contributed by atoms with Crippen LogP contribution in [0.2, 0.25) is 10.0 Å². The maximum atomic E-state index is 12.5. The number of aliphatic imine (C=N–C) groups is 1. The van der Waals surface area contributed by atoms with Crippen molar-refractivity contribution in [3.63, 3.8) is 0 Å². The third-order valence-corrected chi connectivity index (χ3v) is 5.94. The van der Waals surface area contributed by atoms with Gasteiger partial charge in [0.15, 0.2) is 0 Å². The van der Waals surface area contributed by atoms with Crippen LogP contribution < -0.4 is 4.72 Å². The summed E-state index contributed by atoms with van der Waals surface area (Å²) in [6.07, 6.45) is 2.89. The van der Waals surface area contributed by atoms with Crippen LogP contribution in [0.4, 0.5) is 0 Å². The zero-order valence-corrected chi connectivity index (χ0v) is 17.5. The SMILES string of the molecule is CNS(=O)(=O)Cc1ccc(C=NC(=O)c2[nH]ncc2-c2ccc(Cl)cc2Cl)cc1. The Morgan fingerprint density at radius 3 is 2.55 bits per heavy atom. The van der Waals surface area contributed by atoms with Gasteiger partial charge in [-0.1, -0.05) is 53.5 Å². The highest BCUT2D eigenvalue weighted by molar-refractivity contribution is 7.88. The molecule has 29 heavy (non-hydrogen) atoms. The van der Waals surface area contributed by atoms with Crippen molar-refractivity contribution in [2.75, 3.05) is 7.05 Å². The van der Waals surface area contributed by atoms with Crippen LogP contribution in [0.5, 0.6) is 0 Å². The van der Waals surface area contributed by atoms with Crippen LogP contribution >= 0.6 is 23.2 Å². The Hall–Kier alpha value is -2.52. The summed E-state index contributed by atoms with van der Waals surface area (Å²) in [5.41, 5.74) is 2.59. The van der Waals surface area contributed by atoms with E-state index in [1.165, 1.54) is 19.5 Å². The van der Waals surface area contributed by atoms with Gasteiger partial charge >= 0.3 is 0 Å². The van der Waals surface area contributed by atoms with Crippen LogP contribution in [0.15, 0.2) is 53.7 Å². The molecule has 0 radical (unpaired) electrons. The molecule has 7 nitrogen and oxygen atoms in total. The molecule has 2 N–H and O–H groups in total. The minimum absolute atomic E-state index is 0.126. The minimum atomic E-state index is -3.35. The topological polar surface area (TPSA) is 104 Å². The molecule has 0 aliphatic rings. The number of hydrogen-bond donors (Lipinski definition) is 2. The fourth-order valence-corrected chi connectivity index (χ4v) is 3.84. The summed E-state index contributed by atoms with van der Waals surface area (Å²) < 4.78 is 25.4. The second-order valence-electron chi connectivity index (χ2n) is 6.05. The summed E-state index contributed by atoms with van der Waals surface area (Å²) in [5, 5.41) is 7.44. The molecular weight excluding hydrogens is 435 g/mol. The van der Waals surface area contributed by atoms with Gasteiger partial charge in [0.25, 0.3) is 5.91 Å². The van der Waals surface area contributed by atoms with Crippen LogP contribution in [0.25, 0.3) is 11.1 Å². The number of halogens is 2. The summed E-state index contributed by atoms with van der Waals surface area (Å²) in [6, 6.07) is 11.6. The van der Waals surface area contributed by atoms with E-state index in [-0.39, 0.29) is 11.4 Å². The lowest BCUT2D eigenvalue weighted by Crippen LogP contribution is -2.20. The summed E-state index contributed by atoms with van der Waals surface area (Å²) >= 11 is 12.1. The van der Waals surface area contributed by atoms with Gasteiger partial charge < -0.3 is 0 Å². The van der Waals surface area contributed by atoms with Gasteiger partial charge in [0.2, 0.25) is 10.0 Å². The molecule has 10 heteroatoms. The Morgan fingerprint density at radius 1 is 1.17 bits per heavy atom. The number of H-pyrrole nitrogens is 1. The molecule has 0 bridgehead atoms. The predicted molar refractivity (Wildman–Crippen MR) is 114 cm³/mol. The largest absolute Gasteiger partial charge is 0.295 e. The Kier molecular flexibility index (Phi) is 6.49. The van der Waals surface area contributed by atoms with Crippen molar-refractivity contribution in [1.82, 2.24) is 14.9 Å². The number of nitrogens with zero attached hydrogens (tertiary/aromatic N) is 2. The first kappa shape index (κ1) is 21.2. The van der Waals surface area contributed by atoms with Crippen molar-refractivity contribution in [2.45, 2.75) is 5.75 Å². The second kappa shape index (κ2) is 8.87. The van der Waals surface area contributed by atoms with Crippen molar-refractivity contribution in [3.8, 4) is 11.1 Å². The Bertz CT molecular complexity index is 1170. The zero-order valence-electron chi connectivity index (χ0n) is 15.2. The lowest BCUT2D eigenvalue weighted by atomic mass is 10.1. The molecule has 1 heterocycles. The summed E-state index contributed by atoms with van der Waals surface area (Å²) in [6.45, 7) is 0. The molecular formula is C19H16Cl2N4O3S. The van der Waals surface area contributed by atoms with Gasteiger partial charge in [-0.2, -0.15) is 5.10 Å². The first-order chi connectivity index (χ1) is 13.8. The van der Waals surface area contributed by atoms with Crippen molar-refractivity contribution < 1.29 is 13.2 Å². The van der Waals surface area contributed by atoms with Crippen LogP contribution in [0.1, 0.15) is 21.6 Å². The van der Waals surface area contributed by atoms with E-state index in [0.717, 1.165) is 0 Å². The maximum absolute atomic E-state index is 12.5. The van der Waals surface area contributed by atoms with E-state index in [1.54, 1.807) is 42.5 Å². The van der Waals surface area contributed by atoms with Gasteiger partial charge in [-0.15, -0.1) is 0 Å². The van der Waals surface area contributed by atoms with Gasteiger partial charge in [0.1, 0.15) is 5.69 Å². The van der Waals surface area contributed by atoms with E-state index in [2.05, 4.69) is 19.9 Å². The normalized spacial score (nSPS) is 11.8. The molecule has 2 aromatic carbocycles. The Balaban J connectivity index is 1.78. The molecule has 150 valence electrons. The predicted octanol–water partition coefficient (Wildman–Crippen LogP) is 3.69. The average molecular weight is 451 g/mol. The smallest absolute Gasteiger partial charge is 0.272 e. The lowest BCUT2D eigenvalue weighted by molar-refractivity contribution is 0.0999. The monoisotopic (exact) mass is 450 g/mol. The highest BCUT2D eigenvalue weighted by atomic mass is 35.5. The Morgan fingerprint density at radius 2 is 1.90 bits per heavy atom. The molecule has 1 amide bonds. The molecule has 3 aromatic rings. The van der Waals surface area contributed by atoms with Crippen molar-refractivity contribution in [2.24, 2.45) is 4.99 Å². The molecule has 0 fully saturated rings. The van der Waals surface area contributed by atoms with Crippen LogP contribution in [0.3, 0.4) is 0 Å². The molecule has 3 rings (SSSR count). The standard InChI is InChI=1S/C19H16Cl2N4O3S/c1-22-29(27,28)11-13-4-2-12(3-5-13)9-23-19(26)18-16(10-24-25-18)15-7-6-14(20)8-17(15)21/h2-10,22H,11H2,1H3,(H,24,25). The first-order valence-corrected chi connectivity index (χ1v) is 10.8. The quantitative estimate of drug-likeness (QED) is 0.558. The van der Waals surface area contributed by atoms with Gasteiger partial charge in [-0.25, -0.2) is 18.1 Å². The van der Waals surface area contributed by atoms with E-state index in [9.17, 15) is 13.2 Å².